The molecular weight excluding hydrogens is 186 g/mol. The summed E-state index contributed by atoms with van der Waals surface area (Å²) in [5.74, 6) is -0.933. The summed E-state index contributed by atoms with van der Waals surface area (Å²) in [7, 11) is 0. The Hall–Kier alpha value is -1.85. The van der Waals surface area contributed by atoms with Crippen LogP contribution in [0.25, 0.3) is 0 Å². The van der Waals surface area contributed by atoms with E-state index in [4.69, 9.17) is 5.11 Å². The number of carbonyl (C=O) groups excluding carboxylic acids is 1. The summed E-state index contributed by atoms with van der Waals surface area (Å²) in [5.41, 5.74) is 0. The predicted molar refractivity (Wildman–Crippen MR) is 50.0 cm³/mol. The van der Waals surface area contributed by atoms with Gasteiger partial charge in [0.05, 0.1) is 12.8 Å². The van der Waals surface area contributed by atoms with Gasteiger partial charge in [0.1, 0.15) is 0 Å². The van der Waals surface area contributed by atoms with Gasteiger partial charge in [0.2, 0.25) is 0 Å². The van der Waals surface area contributed by atoms with E-state index in [2.05, 4.69) is 10.3 Å². The number of carbonyl (C=O) groups is 2. The molecule has 0 aromatic carbocycles. The summed E-state index contributed by atoms with van der Waals surface area (Å²) in [4.78, 5) is 26.6. The van der Waals surface area contributed by atoms with Crippen LogP contribution in [-0.2, 0) is 4.79 Å². The fourth-order valence-electron chi connectivity index (χ4n) is 0.901. The van der Waals surface area contributed by atoms with E-state index in [0.29, 0.717) is 6.54 Å². The lowest BCUT2D eigenvalue weighted by Gasteiger charge is -2.17. The molecule has 0 aliphatic carbocycles. The number of carboxylic acid groups (broad SMARTS) is 1. The maximum Gasteiger partial charge on any atom is 0.322 e. The highest BCUT2D eigenvalue weighted by Crippen LogP contribution is 1.93. The SMILES string of the molecule is O=C(O)CCNC(=O)N1C=NC=CC1. The van der Waals surface area contributed by atoms with Crippen molar-refractivity contribution in [1.82, 2.24) is 10.2 Å². The van der Waals surface area contributed by atoms with Crippen molar-refractivity contribution in [3.05, 3.63) is 12.3 Å². The molecule has 0 fully saturated rings. The van der Waals surface area contributed by atoms with Crippen molar-refractivity contribution in [2.45, 2.75) is 6.42 Å². The number of rotatable bonds is 3. The second-order valence-electron chi connectivity index (χ2n) is 2.68. The smallest absolute Gasteiger partial charge is 0.322 e. The first-order valence-corrected chi connectivity index (χ1v) is 4.14. The third-order valence-electron chi connectivity index (χ3n) is 1.58. The maximum absolute atomic E-state index is 11.3. The number of carboxylic acids is 1. The zero-order chi connectivity index (χ0) is 10.4. The minimum atomic E-state index is -0.933. The predicted octanol–water partition coefficient (Wildman–Crippen LogP) is 0.0283. The van der Waals surface area contributed by atoms with Gasteiger partial charge >= 0.3 is 12.0 Å². The van der Waals surface area contributed by atoms with E-state index in [9.17, 15) is 9.59 Å². The Morgan fingerprint density at radius 1 is 1.57 bits per heavy atom. The van der Waals surface area contributed by atoms with Crippen LogP contribution in [0.5, 0.6) is 0 Å². The standard InChI is InChI=1S/C8H11N3O3/c12-7(13)2-4-10-8(14)11-5-1-3-9-6-11/h1,3,6H,2,4-5H2,(H,10,14)(H,12,13). The molecule has 1 rings (SSSR count). The number of urea groups is 1. The molecule has 0 spiro atoms. The molecule has 0 unspecified atom stereocenters. The van der Waals surface area contributed by atoms with Gasteiger partial charge < -0.3 is 10.4 Å². The van der Waals surface area contributed by atoms with Gasteiger partial charge in [0.25, 0.3) is 0 Å². The minimum absolute atomic E-state index is 0.0768. The average molecular weight is 197 g/mol. The fraction of sp³-hybridized carbons (Fsp3) is 0.375. The third kappa shape index (κ3) is 3.26. The third-order valence-corrected chi connectivity index (χ3v) is 1.58. The van der Waals surface area contributed by atoms with E-state index in [1.165, 1.54) is 11.2 Å². The summed E-state index contributed by atoms with van der Waals surface area (Å²) in [6.45, 7) is 0.588. The first-order chi connectivity index (χ1) is 6.70. The number of nitrogens with zero attached hydrogens (tertiary/aromatic N) is 2. The Balaban J connectivity index is 2.25. The second-order valence-corrected chi connectivity index (χ2v) is 2.68. The van der Waals surface area contributed by atoms with Crippen molar-refractivity contribution in [2.24, 2.45) is 4.99 Å². The van der Waals surface area contributed by atoms with Crippen LogP contribution in [0.4, 0.5) is 4.79 Å². The van der Waals surface area contributed by atoms with Crippen LogP contribution in [0.15, 0.2) is 17.3 Å². The molecule has 2 amide bonds. The first-order valence-electron chi connectivity index (χ1n) is 4.14. The lowest BCUT2D eigenvalue weighted by molar-refractivity contribution is -0.136. The molecule has 1 aliphatic heterocycles. The van der Waals surface area contributed by atoms with E-state index in [0.717, 1.165) is 0 Å². The monoisotopic (exact) mass is 197 g/mol. The molecule has 0 aromatic rings. The van der Waals surface area contributed by atoms with Crippen molar-refractivity contribution in [3.63, 3.8) is 0 Å². The second kappa shape index (κ2) is 5.00. The highest BCUT2D eigenvalue weighted by molar-refractivity contribution is 5.87. The van der Waals surface area contributed by atoms with Gasteiger partial charge in [-0.15, -0.1) is 0 Å². The van der Waals surface area contributed by atoms with Gasteiger partial charge in [-0.1, -0.05) is 0 Å². The van der Waals surface area contributed by atoms with Crippen molar-refractivity contribution < 1.29 is 14.7 Å². The minimum Gasteiger partial charge on any atom is -0.481 e. The number of hydrogen-bond acceptors (Lipinski definition) is 3. The van der Waals surface area contributed by atoms with E-state index in [1.807, 2.05) is 0 Å². The van der Waals surface area contributed by atoms with Gasteiger partial charge in [-0.3, -0.25) is 9.69 Å². The maximum atomic E-state index is 11.3. The van der Waals surface area contributed by atoms with Gasteiger partial charge in [0.15, 0.2) is 0 Å². The molecule has 0 saturated carbocycles. The van der Waals surface area contributed by atoms with Crippen LogP contribution >= 0.6 is 0 Å². The van der Waals surface area contributed by atoms with E-state index in [-0.39, 0.29) is 19.0 Å². The summed E-state index contributed by atoms with van der Waals surface area (Å²) in [6.07, 6.45) is 4.65. The zero-order valence-electron chi connectivity index (χ0n) is 7.51. The van der Waals surface area contributed by atoms with Crippen LogP contribution in [0, 0.1) is 0 Å². The van der Waals surface area contributed by atoms with Crippen molar-refractivity contribution in [2.75, 3.05) is 13.1 Å². The Bertz CT molecular complexity index is 286. The van der Waals surface area contributed by atoms with Gasteiger partial charge in [-0.25, -0.2) is 9.79 Å². The fourth-order valence-corrected chi connectivity index (χ4v) is 0.901. The Labute approximate surface area is 80.9 Å². The number of amides is 2. The topological polar surface area (TPSA) is 82.0 Å². The molecule has 2 N–H and O–H groups in total. The van der Waals surface area contributed by atoms with E-state index >= 15 is 0 Å². The summed E-state index contributed by atoms with van der Waals surface area (Å²) in [6, 6.07) is -0.334. The molecular formula is C8H11N3O3. The van der Waals surface area contributed by atoms with Crippen LogP contribution in [0.2, 0.25) is 0 Å². The Morgan fingerprint density at radius 3 is 2.93 bits per heavy atom. The number of hydrogen-bond donors (Lipinski definition) is 2. The van der Waals surface area contributed by atoms with Gasteiger partial charge in [-0.2, -0.15) is 0 Å². The van der Waals surface area contributed by atoms with E-state index in [1.54, 1.807) is 12.3 Å². The lowest BCUT2D eigenvalue weighted by atomic mass is 10.4. The van der Waals surface area contributed by atoms with E-state index < -0.39 is 5.97 Å². The lowest BCUT2D eigenvalue weighted by Crippen LogP contribution is -2.40. The van der Waals surface area contributed by atoms with Gasteiger partial charge in [-0.05, 0) is 6.08 Å². The molecule has 0 atom stereocenters. The zero-order valence-corrected chi connectivity index (χ0v) is 7.51. The van der Waals surface area contributed by atoms with Crippen LogP contribution < -0.4 is 5.32 Å². The molecule has 0 aromatic heterocycles. The quantitative estimate of drug-likeness (QED) is 0.669. The molecule has 0 saturated heterocycles. The number of aliphatic carboxylic acids is 1. The molecule has 14 heavy (non-hydrogen) atoms. The molecule has 0 bridgehead atoms. The normalized spacial score (nSPS) is 14.1. The summed E-state index contributed by atoms with van der Waals surface area (Å²) < 4.78 is 0. The number of nitrogens with one attached hydrogen (secondary N) is 1. The van der Waals surface area contributed by atoms with Crippen LogP contribution in [0.3, 0.4) is 0 Å². The van der Waals surface area contributed by atoms with Crippen molar-refractivity contribution >= 4 is 18.3 Å². The average Bonchev–Trinajstić information content (AvgIpc) is 2.18. The van der Waals surface area contributed by atoms with Crippen molar-refractivity contribution in [1.29, 1.82) is 0 Å². The Morgan fingerprint density at radius 2 is 2.36 bits per heavy atom. The molecule has 1 aliphatic rings. The summed E-state index contributed by atoms with van der Waals surface area (Å²) >= 11 is 0. The van der Waals surface area contributed by atoms with Gasteiger partial charge in [0, 0.05) is 19.3 Å². The Kier molecular flexibility index (Phi) is 3.66. The molecule has 0 radical (unpaired) electrons. The molecule has 1 heterocycles. The molecule has 6 nitrogen and oxygen atoms in total. The first kappa shape index (κ1) is 10.2. The summed E-state index contributed by atoms with van der Waals surface area (Å²) in [5, 5.41) is 10.8. The molecule has 6 heteroatoms. The van der Waals surface area contributed by atoms with Crippen LogP contribution in [-0.4, -0.2) is 41.4 Å². The highest BCUT2D eigenvalue weighted by atomic mass is 16.4. The van der Waals surface area contributed by atoms with Crippen LogP contribution in [0.1, 0.15) is 6.42 Å². The van der Waals surface area contributed by atoms with Crippen molar-refractivity contribution in [3.8, 4) is 0 Å². The molecule has 76 valence electrons. The number of aliphatic imine (C=N–C) groups is 1. The highest BCUT2D eigenvalue weighted by Gasteiger charge is 2.10. The largest absolute Gasteiger partial charge is 0.481 e.